The van der Waals surface area contributed by atoms with Crippen molar-refractivity contribution in [1.82, 2.24) is 4.90 Å². The summed E-state index contributed by atoms with van der Waals surface area (Å²) >= 11 is 0. The minimum absolute atomic E-state index is 0.211. The number of amides is 1. The molecule has 0 heterocycles. The van der Waals surface area contributed by atoms with E-state index in [2.05, 4.69) is 0 Å². The molecular weight excluding hydrogens is 600 g/mol. The predicted molar refractivity (Wildman–Crippen MR) is 156 cm³/mol. The number of primary amides is 1. The first kappa shape index (κ1) is 30.8. The highest BCUT2D eigenvalue weighted by Gasteiger charge is 2.68. The number of benzene rings is 2. The van der Waals surface area contributed by atoms with Gasteiger partial charge in [0.05, 0.1) is 29.4 Å². The third-order valence-corrected chi connectivity index (χ3v) is 11.8. The van der Waals surface area contributed by atoms with E-state index >= 15 is 0 Å². The fraction of sp³-hybridized carbons (Fsp3) is 0.345. The third-order valence-electron chi connectivity index (χ3n) is 8.41. The lowest BCUT2D eigenvalue weighted by Gasteiger charge is -2.54. The molecule has 1 fully saturated rings. The van der Waals surface area contributed by atoms with Crippen molar-refractivity contribution in [3.05, 3.63) is 82.1 Å². The van der Waals surface area contributed by atoms with Crippen LogP contribution in [0.5, 0.6) is 5.75 Å². The van der Waals surface area contributed by atoms with Crippen LogP contribution in [0, 0.1) is 11.8 Å². The van der Waals surface area contributed by atoms with Gasteiger partial charge in [-0.1, -0.05) is 42.5 Å². The standard InChI is InChI=1S/C29H30N2O10S2/c1-31(2)22-21-24(34)18-15(11-42-43(40,41)12-13-7-4-3-5-8-13)14-9-6-10-16(32)17(14)23(33)19(18)26(36)29(21,39)27(37)20(25(22)35)28(30)38/h3-10,15,18,21-22,24,32-34,37,39H,11-12H2,1-2H3,(H2,30,38)/t15-,18+,21+,22-,24-,29-/m0/s1. The number of phenolic OH excluding ortho intramolecular Hbond substituents is 1. The number of aliphatic hydroxyl groups is 4. The predicted octanol–water partition coefficient (Wildman–Crippen LogP) is 0.739. The number of carbonyl (C=O) groups is 3. The minimum atomic E-state index is -3.82. The molecule has 0 saturated heterocycles. The van der Waals surface area contributed by atoms with Crippen LogP contribution < -0.4 is 5.73 Å². The number of aromatic hydroxyl groups is 1. The fourth-order valence-electron chi connectivity index (χ4n) is 6.59. The van der Waals surface area contributed by atoms with Gasteiger partial charge in [0, 0.05) is 23.2 Å². The number of carbonyl (C=O) groups excluding carboxylic acids is 3. The van der Waals surface area contributed by atoms with E-state index in [0.717, 1.165) is 0 Å². The zero-order chi connectivity index (χ0) is 31.6. The molecule has 14 heteroatoms. The van der Waals surface area contributed by atoms with Gasteiger partial charge in [-0.2, -0.15) is 0 Å². The molecule has 3 aliphatic rings. The van der Waals surface area contributed by atoms with Gasteiger partial charge in [-0.25, -0.2) is 8.42 Å². The summed E-state index contributed by atoms with van der Waals surface area (Å²) in [5.41, 5.74) is 1.22. The van der Waals surface area contributed by atoms with E-state index in [-0.39, 0.29) is 22.6 Å². The number of aliphatic hydroxyl groups excluding tert-OH is 3. The first-order chi connectivity index (χ1) is 20.1. The Morgan fingerprint density at radius 2 is 1.70 bits per heavy atom. The van der Waals surface area contributed by atoms with Gasteiger partial charge in [0.2, 0.25) is 14.7 Å². The molecule has 1 amide bonds. The fourth-order valence-corrected chi connectivity index (χ4v) is 9.73. The number of rotatable bonds is 7. The molecule has 1 saturated carbocycles. The van der Waals surface area contributed by atoms with Crippen molar-refractivity contribution >= 4 is 42.9 Å². The van der Waals surface area contributed by atoms with Crippen LogP contribution in [-0.2, 0) is 29.0 Å². The molecule has 228 valence electrons. The summed E-state index contributed by atoms with van der Waals surface area (Å²) in [6.45, 7) is 0. The van der Waals surface area contributed by atoms with Crippen LogP contribution in [-0.4, -0.2) is 93.9 Å². The maximum Gasteiger partial charge on any atom is 0.255 e. The number of phenols is 1. The van der Waals surface area contributed by atoms with Crippen molar-refractivity contribution in [2.75, 3.05) is 19.8 Å². The molecule has 0 aromatic heterocycles. The molecule has 2 aromatic carbocycles. The Morgan fingerprint density at radius 3 is 2.30 bits per heavy atom. The van der Waals surface area contributed by atoms with Crippen LogP contribution in [0.1, 0.15) is 22.6 Å². The smallest absolute Gasteiger partial charge is 0.255 e. The normalized spacial score (nSPS) is 28.9. The van der Waals surface area contributed by atoms with Crippen molar-refractivity contribution in [1.29, 1.82) is 0 Å². The topological polar surface area (TPSA) is 216 Å². The van der Waals surface area contributed by atoms with E-state index in [4.69, 9.17) is 5.73 Å². The van der Waals surface area contributed by atoms with E-state index < -0.39 is 90.3 Å². The van der Waals surface area contributed by atoms with Gasteiger partial charge in [0.25, 0.3) is 5.91 Å². The molecule has 43 heavy (non-hydrogen) atoms. The maximum atomic E-state index is 14.2. The SMILES string of the molecule is CN(C)[C@@H]1C(=O)C(C(N)=O)=C(O)[C@@]2(O)C(=O)C3=C(O)c4c(O)cccc4[C@H](CSS(=O)(=O)Cc4ccccc4)[C@H]3[C@H](O)[C@@H]12. The summed E-state index contributed by atoms with van der Waals surface area (Å²) < 4.78 is 26.3. The van der Waals surface area contributed by atoms with Crippen molar-refractivity contribution in [3.63, 3.8) is 0 Å². The molecule has 5 rings (SSSR count). The van der Waals surface area contributed by atoms with Crippen LogP contribution in [0.25, 0.3) is 5.76 Å². The molecule has 2 aromatic rings. The largest absolute Gasteiger partial charge is 0.508 e. The Kier molecular flexibility index (Phi) is 7.72. The summed E-state index contributed by atoms with van der Waals surface area (Å²) in [6.07, 6.45) is -1.84. The molecule has 0 radical (unpaired) electrons. The Morgan fingerprint density at radius 1 is 1.05 bits per heavy atom. The zero-order valence-corrected chi connectivity index (χ0v) is 24.7. The van der Waals surface area contributed by atoms with Crippen LogP contribution in [0.4, 0.5) is 0 Å². The number of nitrogens with two attached hydrogens (primary N) is 1. The number of ketones is 2. The Hall–Kier alpha value is -3.69. The molecule has 3 aliphatic carbocycles. The van der Waals surface area contributed by atoms with Crippen LogP contribution in [0.15, 0.2) is 65.4 Å². The second kappa shape index (κ2) is 10.8. The highest BCUT2D eigenvalue weighted by molar-refractivity contribution is 8.71. The summed E-state index contributed by atoms with van der Waals surface area (Å²) in [7, 11) is -0.461. The number of likely N-dealkylation sites (N-methyl/N-ethyl adjacent to an activating group) is 1. The van der Waals surface area contributed by atoms with Crippen molar-refractivity contribution in [2.45, 2.75) is 29.4 Å². The van der Waals surface area contributed by atoms with Gasteiger partial charge in [-0.15, -0.1) is 0 Å². The van der Waals surface area contributed by atoms with Gasteiger partial charge < -0.3 is 31.3 Å². The summed E-state index contributed by atoms with van der Waals surface area (Å²) in [4.78, 5) is 41.0. The number of Topliss-reactive ketones (excluding diaryl/α,β-unsaturated/α-hetero) is 2. The molecule has 12 nitrogen and oxygen atoms in total. The molecule has 0 bridgehead atoms. The Labute approximate surface area is 250 Å². The maximum absolute atomic E-state index is 14.2. The van der Waals surface area contributed by atoms with Crippen LogP contribution in [0.2, 0.25) is 0 Å². The molecule has 0 unspecified atom stereocenters. The first-order valence-corrected chi connectivity index (χ1v) is 16.3. The average Bonchev–Trinajstić information content (AvgIpc) is 2.92. The van der Waals surface area contributed by atoms with E-state index in [1.54, 1.807) is 30.3 Å². The van der Waals surface area contributed by atoms with Gasteiger partial charge in [0.15, 0.2) is 11.4 Å². The highest BCUT2D eigenvalue weighted by atomic mass is 33.1. The molecule has 0 spiro atoms. The Balaban J connectivity index is 1.68. The highest BCUT2D eigenvalue weighted by Crippen LogP contribution is 2.56. The number of hydrogen-bond acceptors (Lipinski definition) is 12. The van der Waals surface area contributed by atoms with Crippen LogP contribution in [0.3, 0.4) is 0 Å². The first-order valence-electron chi connectivity index (χ1n) is 13.2. The van der Waals surface area contributed by atoms with Crippen molar-refractivity contribution in [3.8, 4) is 5.75 Å². The minimum Gasteiger partial charge on any atom is -0.508 e. The lowest BCUT2D eigenvalue weighted by Crippen LogP contribution is -2.70. The quantitative estimate of drug-likeness (QED) is 0.185. The second-order valence-corrected chi connectivity index (χ2v) is 15.3. The third kappa shape index (κ3) is 4.73. The molecule has 0 aliphatic heterocycles. The summed E-state index contributed by atoms with van der Waals surface area (Å²) in [5, 5.41) is 56.8. The van der Waals surface area contributed by atoms with E-state index in [1.165, 1.54) is 37.2 Å². The number of nitrogens with zero attached hydrogens (tertiary/aromatic N) is 1. The van der Waals surface area contributed by atoms with Gasteiger partial charge in [0.1, 0.15) is 22.8 Å². The van der Waals surface area contributed by atoms with E-state index in [1.807, 2.05) is 0 Å². The molecular formula is C29H30N2O10S2. The Bertz CT molecular complexity index is 1700. The van der Waals surface area contributed by atoms with Crippen molar-refractivity contribution < 1.29 is 48.3 Å². The van der Waals surface area contributed by atoms with E-state index in [9.17, 15) is 48.3 Å². The summed E-state index contributed by atoms with van der Waals surface area (Å²) in [5.74, 6) is -11.1. The zero-order valence-electron chi connectivity index (χ0n) is 23.0. The average molecular weight is 631 g/mol. The van der Waals surface area contributed by atoms with Gasteiger partial charge >= 0.3 is 0 Å². The number of fused-ring (bicyclic) bond motifs is 3. The van der Waals surface area contributed by atoms with Gasteiger partial charge in [-0.05, 0) is 42.1 Å². The monoisotopic (exact) mass is 630 g/mol. The van der Waals surface area contributed by atoms with Crippen molar-refractivity contribution in [2.24, 2.45) is 17.6 Å². The molecule has 7 N–H and O–H groups in total. The molecule has 6 atom stereocenters. The second-order valence-electron chi connectivity index (χ2n) is 11.1. The van der Waals surface area contributed by atoms with E-state index in [0.29, 0.717) is 16.4 Å². The lowest BCUT2D eigenvalue weighted by atomic mass is 9.54. The summed E-state index contributed by atoms with van der Waals surface area (Å²) in [6, 6.07) is 11.1. The number of hydrogen-bond donors (Lipinski definition) is 6. The van der Waals surface area contributed by atoms with Crippen LogP contribution >= 0.6 is 10.8 Å². The lowest BCUT2D eigenvalue weighted by molar-refractivity contribution is -0.169. The van der Waals surface area contributed by atoms with Gasteiger partial charge in [-0.3, -0.25) is 19.3 Å².